The van der Waals surface area contributed by atoms with Crippen LogP contribution in [0.2, 0.25) is 0 Å². The molecule has 0 saturated carbocycles. The maximum Gasteiger partial charge on any atom is 0.0181 e. The third-order valence-corrected chi connectivity index (χ3v) is 7.89. The average Bonchev–Trinajstić information content (AvgIpc) is 2.91. The van der Waals surface area contributed by atoms with Gasteiger partial charge in [-0.2, -0.15) is 0 Å². The molecule has 1 atom stereocenters. The van der Waals surface area contributed by atoms with Crippen molar-refractivity contribution < 1.29 is 0 Å². The Kier molecular flexibility index (Phi) is 4.27. The molecule has 1 unspecified atom stereocenters. The van der Waals surface area contributed by atoms with Crippen LogP contribution < -0.4 is 0 Å². The number of hydrogen-bond acceptors (Lipinski definition) is 0. The number of halogens is 1. The van der Waals surface area contributed by atoms with E-state index in [-0.39, 0.29) is 5.41 Å². The highest BCUT2D eigenvalue weighted by Gasteiger charge is 2.36. The van der Waals surface area contributed by atoms with Gasteiger partial charge in [0.1, 0.15) is 0 Å². The van der Waals surface area contributed by atoms with Gasteiger partial charge in [-0.25, -0.2) is 0 Å². The lowest BCUT2D eigenvalue weighted by Gasteiger charge is -2.22. The molecule has 31 heavy (non-hydrogen) atoms. The van der Waals surface area contributed by atoms with Gasteiger partial charge in [0.15, 0.2) is 0 Å². The van der Waals surface area contributed by atoms with Crippen molar-refractivity contribution in [2.75, 3.05) is 0 Å². The van der Waals surface area contributed by atoms with Crippen LogP contribution in [0.25, 0.3) is 22.3 Å². The Labute approximate surface area is 193 Å². The van der Waals surface area contributed by atoms with E-state index in [2.05, 4.69) is 115 Å². The van der Waals surface area contributed by atoms with E-state index in [1.165, 1.54) is 50.1 Å². The minimum atomic E-state index is 0.0478. The van der Waals surface area contributed by atoms with Crippen molar-refractivity contribution in [3.8, 4) is 22.3 Å². The SMILES string of the molecule is CC1(C)c2ccccc2-c2cc3c(cc21)CCC(c1ccccc1)c1ccc(Br)cc1-3. The molecule has 0 spiro atoms. The highest BCUT2D eigenvalue weighted by Crippen LogP contribution is 2.52. The van der Waals surface area contributed by atoms with Crippen LogP contribution in [-0.2, 0) is 11.8 Å². The van der Waals surface area contributed by atoms with Gasteiger partial charge in [0.2, 0.25) is 0 Å². The number of fused-ring (bicyclic) bond motifs is 6. The fourth-order valence-corrected chi connectivity index (χ4v) is 6.16. The first kappa shape index (κ1) is 19.1. The molecule has 2 aliphatic rings. The van der Waals surface area contributed by atoms with Crippen LogP contribution in [0.1, 0.15) is 54.0 Å². The second-order valence-corrected chi connectivity index (χ2v) is 10.4. The largest absolute Gasteiger partial charge is 0.0622 e. The Morgan fingerprint density at radius 2 is 1.48 bits per heavy atom. The molecule has 0 nitrogen and oxygen atoms in total. The quantitative estimate of drug-likeness (QED) is 0.264. The monoisotopic (exact) mass is 464 g/mol. The van der Waals surface area contributed by atoms with Crippen LogP contribution in [0.4, 0.5) is 0 Å². The number of rotatable bonds is 1. The summed E-state index contributed by atoms with van der Waals surface area (Å²) in [5, 5.41) is 0. The van der Waals surface area contributed by atoms with Crippen LogP contribution in [0.5, 0.6) is 0 Å². The summed E-state index contributed by atoms with van der Waals surface area (Å²) in [4.78, 5) is 0. The van der Waals surface area contributed by atoms with Crippen LogP contribution in [-0.4, -0.2) is 0 Å². The molecule has 0 amide bonds. The topological polar surface area (TPSA) is 0 Å². The molecule has 0 N–H and O–H groups in total. The van der Waals surface area contributed by atoms with Crippen molar-refractivity contribution in [1.29, 1.82) is 0 Å². The highest BCUT2D eigenvalue weighted by atomic mass is 79.9. The van der Waals surface area contributed by atoms with Gasteiger partial charge in [0.05, 0.1) is 0 Å². The van der Waals surface area contributed by atoms with Crippen LogP contribution in [0, 0.1) is 0 Å². The molecule has 4 aromatic carbocycles. The second-order valence-electron chi connectivity index (χ2n) is 9.46. The highest BCUT2D eigenvalue weighted by molar-refractivity contribution is 9.10. The lowest BCUT2D eigenvalue weighted by atomic mass is 9.81. The number of hydrogen-bond donors (Lipinski definition) is 0. The third kappa shape index (κ3) is 2.87. The molecular formula is C30H25Br. The van der Waals surface area contributed by atoms with Gasteiger partial charge in [-0.3, -0.25) is 0 Å². The summed E-state index contributed by atoms with van der Waals surface area (Å²) in [6, 6.07) is 31.8. The Bertz CT molecular complexity index is 1310. The van der Waals surface area contributed by atoms with Gasteiger partial charge in [-0.05, 0) is 81.1 Å². The Hall–Kier alpha value is -2.64. The van der Waals surface area contributed by atoms with Gasteiger partial charge >= 0.3 is 0 Å². The standard InChI is InChI=1S/C30H25Br/c1-30(2)28-11-7-6-10-24(28)27-18-25-20(16-29(27)30)12-14-22(19-8-4-3-5-9-19)23-15-13-21(31)17-26(23)25/h3-11,13,15-18,22H,12,14H2,1-2H3. The molecule has 6 rings (SSSR count). The molecule has 2 aliphatic carbocycles. The minimum Gasteiger partial charge on any atom is -0.0622 e. The van der Waals surface area contributed by atoms with Crippen molar-refractivity contribution >= 4 is 15.9 Å². The molecule has 0 saturated heterocycles. The maximum atomic E-state index is 3.75. The predicted octanol–water partition coefficient (Wildman–Crippen LogP) is 8.50. The van der Waals surface area contributed by atoms with E-state index < -0.39 is 0 Å². The molecule has 0 fully saturated rings. The first-order valence-electron chi connectivity index (χ1n) is 11.2. The summed E-state index contributed by atoms with van der Waals surface area (Å²) < 4.78 is 1.15. The number of aryl methyl sites for hydroxylation is 1. The van der Waals surface area contributed by atoms with E-state index in [9.17, 15) is 0 Å². The van der Waals surface area contributed by atoms with Crippen molar-refractivity contribution in [2.24, 2.45) is 0 Å². The van der Waals surface area contributed by atoms with Crippen molar-refractivity contribution in [1.82, 2.24) is 0 Å². The summed E-state index contributed by atoms with van der Waals surface area (Å²) in [6.07, 6.45) is 2.23. The fraction of sp³-hybridized carbons (Fsp3) is 0.200. The van der Waals surface area contributed by atoms with E-state index >= 15 is 0 Å². The van der Waals surface area contributed by atoms with Crippen molar-refractivity contribution in [2.45, 2.75) is 38.0 Å². The first-order chi connectivity index (χ1) is 15.0. The van der Waals surface area contributed by atoms with Crippen LogP contribution >= 0.6 is 15.9 Å². The fourth-order valence-electron chi connectivity index (χ4n) is 5.80. The van der Waals surface area contributed by atoms with E-state index in [4.69, 9.17) is 0 Å². The molecule has 0 heterocycles. The Morgan fingerprint density at radius 1 is 0.710 bits per heavy atom. The van der Waals surface area contributed by atoms with E-state index in [1.807, 2.05) is 0 Å². The molecule has 0 aromatic heterocycles. The predicted molar refractivity (Wildman–Crippen MR) is 134 cm³/mol. The summed E-state index contributed by atoms with van der Waals surface area (Å²) in [6.45, 7) is 4.75. The van der Waals surface area contributed by atoms with Gasteiger partial charge in [-0.1, -0.05) is 96.5 Å². The van der Waals surface area contributed by atoms with Gasteiger partial charge in [0.25, 0.3) is 0 Å². The second kappa shape index (κ2) is 6.93. The lowest BCUT2D eigenvalue weighted by Crippen LogP contribution is -2.15. The third-order valence-electron chi connectivity index (χ3n) is 7.39. The smallest absolute Gasteiger partial charge is 0.0181 e. The minimum absolute atomic E-state index is 0.0478. The lowest BCUT2D eigenvalue weighted by molar-refractivity contribution is 0.657. The molecule has 1 heteroatoms. The van der Waals surface area contributed by atoms with Crippen molar-refractivity contribution in [3.05, 3.63) is 117 Å². The van der Waals surface area contributed by atoms with Gasteiger partial charge < -0.3 is 0 Å². The van der Waals surface area contributed by atoms with Crippen LogP contribution in [0.3, 0.4) is 0 Å². The molecule has 0 aliphatic heterocycles. The van der Waals surface area contributed by atoms with E-state index in [0.29, 0.717) is 5.92 Å². The molecule has 0 bridgehead atoms. The maximum absolute atomic E-state index is 3.75. The summed E-state index contributed by atoms with van der Waals surface area (Å²) in [5.74, 6) is 0.423. The van der Waals surface area contributed by atoms with Gasteiger partial charge in [-0.15, -0.1) is 0 Å². The first-order valence-corrected chi connectivity index (χ1v) is 12.0. The van der Waals surface area contributed by atoms with Crippen molar-refractivity contribution in [3.63, 3.8) is 0 Å². The zero-order chi connectivity index (χ0) is 21.2. The summed E-state index contributed by atoms with van der Waals surface area (Å²) in [5.41, 5.74) is 12.9. The molecule has 4 aromatic rings. The van der Waals surface area contributed by atoms with Crippen LogP contribution in [0.15, 0.2) is 89.4 Å². The average molecular weight is 465 g/mol. The Morgan fingerprint density at radius 3 is 2.32 bits per heavy atom. The zero-order valence-corrected chi connectivity index (χ0v) is 19.5. The molecule has 152 valence electrons. The van der Waals surface area contributed by atoms with E-state index in [1.54, 1.807) is 0 Å². The van der Waals surface area contributed by atoms with E-state index in [0.717, 1.165) is 17.3 Å². The zero-order valence-electron chi connectivity index (χ0n) is 18.0. The summed E-state index contributed by atoms with van der Waals surface area (Å²) in [7, 11) is 0. The normalized spacial score (nSPS) is 17.8. The molecule has 0 radical (unpaired) electrons. The summed E-state index contributed by atoms with van der Waals surface area (Å²) >= 11 is 3.75. The van der Waals surface area contributed by atoms with Gasteiger partial charge in [0, 0.05) is 15.8 Å². The number of benzene rings is 4. The Balaban J connectivity index is 1.61. The molecular weight excluding hydrogens is 440 g/mol.